The molecule has 0 N–H and O–H groups in total. The molecule has 0 spiro atoms. The second-order valence-electron chi connectivity index (χ2n) is 4.41. The molecule has 0 radical (unpaired) electrons. The van der Waals surface area contributed by atoms with Crippen LogP contribution in [-0.2, 0) is 4.79 Å². The molecule has 0 aliphatic rings. The van der Waals surface area contributed by atoms with Gasteiger partial charge in [-0.05, 0) is 51.0 Å². The third kappa shape index (κ3) is 3.72. The minimum absolute atomic E-state index is 0.0202. The number of carbonyl (C=O) groups is 1. The first-order valence-electron chi connectivity index (χ1n) is 6.45. The first-order valence-corrected chi connectivity index (χ1v) is 6.45. The van der Waals surface area contributed by atoms with Gasteiger partial charge in [0.25, 0.3) is 5.91 Å². The van der Waals surface area contributed by atoms with Gasteiger partial charge in [0, 0.05) is 13.1 Å². The summed E-state index contributed by atoms with van der Waals surface area (Å²) < 4.78 is 5.61. The largest absolute Gasteiger partial charge is 0.483 e. The zero-order valence-electron chi connectivity index (χ0n) is 12.0. The molecule has 0 atom stereocenters. The van der Waals surface area contributed by atoms with E-state index in [0.717, 1.165) is 11.1 Å². The predicted octanol–water partition coefficient (Wildman–Crippen LogP) is 2.42. The number of benzene rings is 1. The van der Waals surface area contributed by atoms with E-state index in [4.69, 9.17) is 10.00 Å². The summed E-state index contributed by atoms with van der Waals surface area (Å²) in [7, 11) is 0. The summed E-state index contributed by atoms with van der Waals surface area (Å²) in [5.74, 6) is 0.674. The van der Waals surface area contributed by atoms with Gasteiger partial charge in [-0.1, -0.05) is 0 Å². The molecule has 102 valence electrons. The van der Waals surface area contributed by atoms with E-state index in [1.54, 1.807) is 17.0 Å². The van der Waals surface area contributed by atoms with Crippen LogP contribution in [0, 0.1) is 25.2 Å². The van der Waals surface area contributed by atoms with Crippen molar-refractivity contribution in [3.05, 3.63) is 28.8 Å². The maximum absolute atomic E-state index is 11.9. The molecule has 1 aromatic carbocycles. The minimum atomic E-state index is -0.0202. The van der Waals surface area contributed by atoms with Crippen LogP contribution in [-0.4, -0.2) is 30.5 Å². The van der Waals surface area contributed by atoms with Crippen molar-refractivity contribution in [2.45, 2.75) is 27.7 Å². The van der Waals surface area contributed by atoms with Crippen LogP contribution >= 0.6 is 0 Å². The van der Waals surface area contributed by atoms with E-state index in [9.17, 15) is 4.79 Å². The summed E-state index contributed by atoms with van der Waals surface area (Å²) in [4.78, 5) is 13.6. The van der Waals surface area contributed by atoms with Crippen molar-refractivity contribution in [1.82, 2.24) is 4.90 Å². The lowest BCUT2D eigenvalue weighted by Gasteiger charge is -2.19. The molecule has 0 aromatic heterocycles. The highest BCUT2D eigenvalue weighted by molar-refractivity contribution is 5.77. The highest BCUT2D eigenvalue weighted by atomic mass is 16.5. The number of carbonyl (C=O) groups excluding carboxylic acids is 1. The Kier molecular flexibility index (Phi) is 5.37. The quantitative estimate of drug-likeness (QED) is 0.817. The minimum Gasteiger partial charge on any atom is -0.483 e. The molecule has 1 rings (SSSR count). The Morgan fingerprint density at radius 1 is 1.26 bits per heavy atom. The lowest BCUT2D eigenvalue weighted by molar-refractivity contribution is -0.132. The number of ether oxygens (including phenoxy) is 1. The zero-order valence-corrected chi connectivity index (χ0v) is 12.0. The highest BCUT2D eigenvalue weighted by Gasteiger charge is 2.12. The van der Waals surface area contributed by atoms with E-state index in [-0.39, 0.29) is 12.5 Å². The Balaban J connectivity index is 2.79. The second kappa shape index (κ2) is 6.79. The van der Waals surface area contributed by atoms with Crippen LogP contribution in [0.1, 0.15) is 30.5 Å². The Bertz CT molecular complexity index is 476. The third-order valence-electron chi connectivity index (χ3n) is 3.05. The van der Waals surface area contributed by atoms with E-state index < -0.39 is 0 Å². The van der Waals surface area contributed by atoms with E-state index >= 15 is 0 Å². The number of aryl methyl sites for hydroxylation is 2. The smallest absolute Gasteiger partial charge is 0.260 e. The van der Waals surface area contributed by atoms with Crippen LogP contribution in [0.3, 0.4) is 0 Å². The number of hydrogen-bond acceptors (Lipinski definition) is 3. The standard InChI is InChI=1S/C15H20N2O2/c1-5-17(6-2)14(18)10-19-15-11(3)7-13(9-16)8-12(15)4/h7-8H,5-6,10H2,1-4H3. The lowest BCUT2D eigenvalue weighted by Crippen LogP contribution is -2.34. The number of hydrogen-bond donors (Lipinski definition) is 0. The first kappa shape index (κ1) is 15.0. The van der Waals surface area contributed by atoms with Crippen molar-refractivity contribution in [2.75, 3.05) is 19.7 Å². The number of likely N-dealkylation sites (N-methyl/N-ethyl adjacent to an activating group) is 1. The number of amides is 1. The molecule has 19 heavy (non-hydrogen) atoms. The summed E-state index contributed by atoms with van der Waals surface area (Å²) in [5.41, 5.74) is 2.37. The van der Waals surface area contributed by atoms with E-state index in [1.807, 2.05) is 27.7 Å². The molecular formula is C15H20N2O2. The van der Waals surface area contributed by atoms with Gasteiger partial charge in [0.15, 0.2) is 6.61 Å². The van der Waals surface area contributed by atoms with Crippen molar-refractivity contribution in [3.8, 4) is 11.8 Å². The summed E-state index contributed by atoms with van der Waals surface area (Å²) in [6, 6.07) is 5.64. The maximum Gasteiger partial charge on any atom is 0.260 e. The molecule has 0 saturated heterocycles. The van der Waals surface area contributed by atoms with Gasteiger partial charge >= 0.3 is 0 Å². The van der Waals surface area contributed by atoms with Gasteiger partial charge in [-0.2, -0.15) is 5.26 Å². The number of nitrogens with zero attached hydrogens (tertiary/aromatic N) is 2. The van der Waals surface area contributed by atoms with Crippen molar-refractivity contribution in [3.63, 3.8) is 0 Å². The lowest BCUT2D eigenvalue weighted by atomic mass is 10.1. The fraction of sp³-hybridized carbons (Fsp3) is 0.467. The average molecular weight is 260 g/mol. The van der Waals surface area contributed by atoms with Crippen LogP contribution in [0.4, 0.5) is 0 Å². The number of nitriles is 1. The van der Waals surface area contributed by atoms with Crippen LogP contribution in [0.5, 0.6) is 5.75 Å². The van der Waals surface area contributed by atoms with Gasteiger partial charge in [-0.25, -0.2) is 0 Å². The molecule has 1 aromatic rings. The van der Waals surface area contributed by atoms with Crippen molar-refractivity contribution < 1.29 is 9.53 Å². The molecule has 4 nitrogen and oxygen atoms in total. The van der Waals surface area contributed by atoms with Crippen molar-refractivity contribution in [1.29, 1.82) is 5.26 Å². The molecular weight excluding hydrogens is 240 g/mol. The number of rotatable bonds is 5. The van der Waals surface area contributed by atoms with Gasteiger partial charge in [0.2, 0.25) is 0 Å². The van der Waals surface area contributed by atoms with Crippen LogP contribution in [0.15, 0.2) is 12.1 Å². The average Bonchev–Trinajstić information content (AvgIpc) is 2.38. The van der Waals surface area contributed by atoms with Crippen molar-refractivity contribution >= 4 is 5.91 Å². The second-order valence-corrected chi connectivity index (χ2v) is 4.41. The van der Waals surface area contributed by atoms with Gasteiger partial charge < -0.3 is 9.64 Å². The van der Waals surface area contributed by atoms with Gasteiger partial charge in [-0.3, -0.25) is 4.79 Å². The van der Waals surface area contributed by atoms with Crippen LogP contribution in [0.25, 0.3) is 0 Å². The van der Waals surface area contributed by atoms with E-state index in [1.165, 1.54) is 0 Å². The third-order valence-corrected chi connectivity index (χ3v) is 3.05. The monoisotopic (exact) mass is 260 g/mol. The SMILES string of the molecule is CCN(CC)C(=O)COc1c(C)cc(C#N)cc1C. The predicted molar refractivity (Wildman–Crippen MR) is 74.1 cm³/mol. The van der Waals surface area contributed by atoms with E-state index in [0.29, 0.717) is 24.4 Å². The molecule has 0 unspecified atom stereocenters. The summed E-state index contributed by atoms with van der Waals surface area (Å²) in [6.07, 6.45) is 0. The summed E-state index contributed by atoms with van der Waals surface area (Å²) in [5, 5.41) is 8.88. The van der Waals surface area contributed by atoms with Crippen molar-refractivity contribution in [2.24, 2.45) is 0 Å². The van der Waals surface area contributed by atoms with Gasteiger partial charge in [0.05, 0.1) is 11.6 Å². The topological polar surface area (TPSA) is 53.3 Å². The van der Waals surface area contributed by atoms with E-state index in [2.05, 4.69) is 6.07 Å². The normalized spacial score (nSPS) is 9.84. The van der Waals surface area contributed by atoms with Gasteiger partial charge in [-0.15, -0.1) is 0 Å². The fourth-order valence-corrected chi connectivity index (χ4v) is 2.04. The Morgan fingerprint density at radius 3 is 2.21 bits per heavy atom. The zero-order chi connectivity index (χ0) is 14.4. The Morgan fingerprint density at radius 2 is 1.79 bits per heavy atom. The molecule has 0 bridgehead atoms. The molecule has 0 saturated carbocycles. The Labute approximate surface area is 114 Å². The molecule has 0 aliphatic carbocycles. The summed E-state index contributed by atoms with van der Waals surface area (Å²) >= 11 is 0. The molecule has 1 amide bonds. The molecule has 0 heterocycles. The van der Waals surface area contributed by atoms with Crippen LogP contribution < -0.4 is 4.74 Å². The first-order chi connectivity index (χ1) is 9.03. The molecule has 0 aliphatic heterocycles. The molecule has 0 fully saturated rings. The highest BCUT2D eigenvalue weighted by Crippen LogP contribution is 2.24. The van der Waals surface area contributed by atoms with Gasteiger partial charge in [0.1, 0.15) is 5.75 Å². The van der Waals surface area contributed by atoms with Crippen LogP contribution in [0.2, 0.25) is 0 Å². The molecule has 4 heteroatoms. The Hall–Kier alpha value is -2.02. The fourth-order valence-electron chi connectivity index (χ4n) is 2.04. The maximum atomic E-state index is 11.9. The summed E-state index contributed by atoms with van der Waals surface area (Å²) in [6.45, 7) is 9.05.